The number of esters is 1. The molecule has 0 amide bonds. The molecule has 6 atom stereocenters. The van der Waals surface area contributed by atoms with E-state index in [1.807, 2.05) is 6.08 Å². The van der Waals surface area contributed by atoms with Gasteiger partial charge in [0.15, 0.2) is 0 Å². The maximum atomic E-state index is 11.9. The molecular formula is C14H20O3. The third-order valence-corrected chi connectivity index (χ3v) is 5.26. The van der Waals surface area contributed by atoms with E-state index >= 15 is 0 Å². The van der Waals surface area contributed by atoms with Gasteiger partial charge in [-0.15, -0.1) is 6.58 Å². The number of rotatable bonds is 4. The minimum atomic E-state index is -0.0492. The summed E-state index contributed by atoms with van der Waals surface area (Å²) in [6, 6.07) is 0. The molecule has 0 aromatic rings. The van der Waals surface area contributed by atoms with E-state index in [9.17, 15) is 9.90 Å². The number of hydrogen-bond donors (Lipinski definition) is 1. The molecule has 0 bridgehead atoms. The quantitative estimate of drug-likeness (QED) is 0.597. The van der Waals surface area contributed by atoms with Gasteiger partial charge in [0.25, 0.3) is 0 Å². The zero-order chi connectivity index (χ0) is 12.2. The van der Waals surface area contributed by atoms with E-state index in [1.54, 1.807) is 0 Å². The van der Waals surface area contributed by atoms with Crippen molar-refractivity contribution in [3.63, 3.8) is 0 Å². The Labute approximate surface area is 102 Å². The highest BCUT2D eigenvalue weighted by molar-refractivity contribution is 5.76. The van der Waals surface area contributed by atoms with Crippen LogP contribution in [0, 0.1) is 29.1 Å². The fraction of sp³-hybridized carbons (Fsp3) is 0.786. The second-order valence-electron chi connectivity index (χ2n) is 6.07. The predicted octanol–water partition coefficient (Wildman–Crippen LogP) is 1.76. The Hall–Kier alpha value is -0.830. The Bertz CT molecular complexity index is 364. The second-order valence-corrected chi connectivity index (χ2v) is 6.07. The maximum Gasteiger partial charge on any atom is 0.309 e. The summed E-state index contributed by atoms with van der Waals surface area (Å²) in [5.74, 6) is 1.02. The molecule has 0 spiro atoms. The summed E-state index contributed by atoms with van der Waals surface area (Å²) in [6.07, 6.45) is 4.70. The summed E-state index contributed by atoms with van der Waals surface area (Å²) >= 11 is 0. The summed E-state index contributed by atoms with van der Waals surface area (Å²) < 4.78 is 5.60. The van der Waals surface area contributed by atoms with Crippen LogP contribution in [0.1, 0.15) is 26.2 Å². The van der Waals surface area contributed by atoms with E-state index in [2.05, 4.69) is 13.5 Å². The minimum absolute atomic E-state index is 0.0141. The highest BCUT2D eigenvalue weighted by Crippen LogP contribution is 2.71. The minimum Gasteiger partial charge on any atom is -0.461 e. The summed E-state index contributed by atoms with van der Waals surface area (Å²) in [6.45, 7) is 6.11. The smallest absolute Gasteiger partial charge is 0.309 e. The Balaban J connectivity index is 1.84. The SMILES string of the molecule is C=CCC[C@@H]1C(=O)O[C@H]2[C@@H]1[C@H](CO)[C@@H]1C[C@@]12C. The van der Waals surface area contributed by atoms with Crippen LogP contribution in [0.2, 0.25) is 0 Å². The number of allylic oxidation sites excluding steroid dienone is 1. The molecule has 1 saturated heterocycles. The topological polar surface area (TPSA) is 46.5 Å². The highest BCUT2D eigenvalue weighted by Gasteiger charge is 2.73. The van der Waals surface area contributed by atoms with Gasteiger partial charge in [0.2, 0.25) is 0 Å². The molecule has 1 aliphatic heterocycles. The van der Waals surface area contributed by atoms with Gasteiger partial charge in [0.1, 0.15) is 6.10 Å². The fourth-order valence-corrected chi connectivity index (χ4v) is 4.26. The monoisotopic (exact) mass is 236 g/mol. The van der Waals surface area contributed by atoms with Gasteiger partial charge in [-0.2, -0.15) is 0 Å². The van der Waals surface area contributed by atoms with Gasteiger partial charge in [-0.3, -0.25) is 4.79 Å². The number of carbonyl (C=O) groups is 1. The molecule has 2 saturated carbocycles. The molecule has 3 nitrogen and oxygen atoms in total. The van der Waals surface area contributed by atoms with Crippen LogP contribution in [0.5, 0.6) is 0 Å². The largest absolute Gasteiger partial charge is 0.461 e. The average molecular weight is 236 g/mol. The third kappa shape index (κ3) is 1.35. The van der Waals surface area contributed by atoms with E-state index in [-0.39, 0.29) is 41.8 Å². The van der Waals surface area contributed by atoms with Gasteiger partial charge in [0, 0.05) is 17.9 Å². The molecule has 3 heteroatoms. The molecule has 2 aliphatic carbocycles. The van der Waals surface area contributed by atoms with E-state index in [4.69, 9.17) is 4.74 Å². The van der Waals surface area contributed by atoms with Crippen LogP contribution in [0.4, 0.5) is 0 Å². The van der Waals surface area contributed by atoms with Crippen molar-refractivity contribution in [3.05, 3.63) is 12.7 Å². The molecule has 1 heterocycles. The van der Waals surface area contributed by atoms with E-state index < -0.39 is 0 Å². The molecule has 0 aromatic carbocycles. The lowest BCUT2D eigenvalue weighted by atomic mass is 9.79. The van der Waals surface area contributed by atoms with Crippen LogP contribution >= 0.6 is 0 Å². The molecule has 3 aliphatic rings. The van der Waals surface area contributed by atoms with Gasteiger partial charge in [0.05, 0.1) is 5.92 Å². The number of aliphatic hydroxyl groups is 1. The lowest BCUT2D eigenvalue weighted by Crippen LogP contribution is -2.29. The van der Waals surface area contributed by atoms with Crippen LogP contribution in [-0.2, 0) is 9.53 Å². The molecular weight excluding hydrogens is 216 g/mol. The van der Waals surface area contributed by atoms with E-state index in [0.29, 0.717) is 5.92 Å². The summed E-state index contributed by atoms with van der Waals surface area (Å²) in [7, 11) is 0. The number of carbonyl (C=O) groups excluding carboxylic acids is 1. The number of ether oxygens (including phenoxy) is 1. The first-order valence-electron chi connectivity index (χ1n) is 6.55. The maximum absolute atomic E-state index is 11.9. The average Bonchev–Trinajstić information content (AvgIpc) is 2.78. The van der Waals surface area contributed by atoms with Crippen LogP contribution in [-0.4, -0.2) is 23.8 Å². The van der Waals surface area contributed by atoms with Crippen molar-refractivity contribution in [1.29, 1.82) is 0 Å². The zero-order valence-corrected chi connectivity index (χ0v) is 10.3. The fourth-order valence-electron chi connectivity index (χ4n) is 4.26. The van der Waals surface area contributed by atoms with Crippen LogP contribution in [0.25, 0.3) is 0 Å². The van der Waals surface area contributed by atoms with E-state index in [1.165, 1.54) is 0 Å². The summed E-state index contributed by atoms with van der Waals surface area (Å²) in [5.41, 5.74) is 0.163. The molecule has 0 aromatic heterocycles. The van der Waals surface area contributed by atoms with Crippen molar-refractivity contribution >= 4 is 5.97 Å². The van der Waals surface area contributed by atoms with Gasteiger partial charge in [-0.05, 0) is 31.1 Å². The normalized spacial score (nSPS) is 50.7. The Kier molecular flexibility index (Phi) is 2.37. The Morgan fingerprint density at radius 2 is 2.41 bits per heavy atom. The second kappa shape index (κ2) is 3.58. The number of hydrogen-bond acceptors (Lipinski definition) is 3. The molecule has 17 heavy (non-hydrogen) atoms. The van der Waals surface area contributed by atoms with Crippen LogP contribution < -0.4 is 0 Å². The standard InChI is InChI=1S/C14H20O3/c1-3-4-5-8-11-9(7-15)10-6-14(10,2)12(11)17-13(8)16/h3,8-12,15H,1,4-7H2,2H3/t8-,9+,10-,11-,12-,14-/m0/s1. The first-order chi connectivity index (χ1) is 8.13. The number of aliphatic hydroxyl groups excluding tert-OH is 1. The van der Waals surface area contributed by atoms with Gasteiger partial charge >= 0.3 is 5.97 Å². The van der Waals surface area contributed by atoms with Gasteiger partial charge in [-0.25, -0.2) is 0 Å². The van der Waals surface area contributed by atoms with Crippen molar-refractivity contribution in [2.75, 3.05) is 6.61 Å². The van der Waals surface area contributed by atoms with Crippen molar-refractivity contribution in [2.24, 2.45) is 29.1 Å². The Morgan fingerprint density at radius 3 is 3.06 bits per heavy atom. The van der Waals surface area contributed by atoms with Crippen molar-refractivity contribution < 1.29 is 14.6 Å². The summed E-state index contributed by atoms with van der Waals surface area (Å²) in [4.78, 5) is 11.9. The molecule has 0 unspecified atom stereocenters. The lowest BCUT2D eigenvalue weighted by Gasteiger charge is -2.23. The van der Waals surface area contributed by atoms with E-state index in [0.717, 1.165) is 19.3 Å². The third-order valence-electron chi connectivity index (χ3n) is 5.26. The molecule has 0 radical (unpaired) electrons. The molecule has 3 fully saturated rings. The van der Waals surface area contributed by atoms with Crippen molar-refractivity contribution in [2.45, 2.75) is 32.3 Å². The Morgan fingerprint density at radius 1 is 1.65 bits per heavy atom. The highest BCUT2D eigenvalue weighted by atomic mass is 16.6. The van der Waals surface area contributed by atoms with Gasteiger partial charge < -0.3 is 9.84 Å². The van der Waals surface area contributed by atoms with Gasteiger partial charge in [-0.1, -0.05) is 13.0 Å². The summed E-state index contributed by atoms with van der Waals surface area (Å²) in [5, 5.41) is 9.57. The number of fused-ring (bicyclic) bond motifs is 3. The van der Waals surface area contributed by atoms with Crippen molar-refractivity contribution in [3.8, 4) is 0 Å². The molecule has 3 rings (SSSR count). The first-order valence-corrected chi connectivity index (χ1v) is 6.55. The predicted molar refractivity (Wildman–Crippen MR) is 63.1 cm³/mol. The molecule has 1 N–H and O–H groups in total. The zero-order valence-electron chi connectivity index (χ0n) is 10.3. The molecule has 94 valence electrons. The first kappa shape index (κ1) is 11.3. The lowest BCUT2D eigenvalue weighted by molar-refractivity contribution is -0.146. The van der Waals surface area contributed by atoms with Crippen molar-refractivity contribution in [1.82, 2.24) is 0 Å². The van der Waals surface area contributed by atoms with Crippen LogP contribution in [0.3, 0.4) is 0 Å². The van der Waals surface area contributed by atoms with Crippen LogP contribution in [0.15, 0.2) is 12.7 Å².